The number of hydrogen-bond acceptors (Lipinski definition) is 5. The Bertz CT molecular complexity index is 473. The Morgan fingerprint density at radius 3 is 2.42 bits per heavy atom. The average molecular weight is 289 g/mol. The maximum absolute atomic E-state index is 11.5. The molecule has 0 saturated carbocycles. The van der Waals surface area contributed by atoms with E-state index in [1.807, 2.05) is 6.92 Å². The van der Waals surface area contributed by atoms with Crippen molar-refractivity contribution in [1.82, 2.24) is 0 Å². The second-order valence-electron chi connectivity index (χ2n) is 3.78. The SMILES string of the molecule is CCc1cc(OC)c(OC)c(C(O)C(=O)OC)c1Cl. The minimum Gasteiger partial charge on any atom is -0.493 e. The topological polar surface area (TPSA) is 65.0 Å². The van der Waals surface area contributed by atoms with Crippen LogP contribution in [-0.4, -0.2) is 32.4 Å². The number of rotatable bonds is 5. The van der Waals surface area contributed by atoms with Crippen molar-refractivity contribution in [3.8, 4) is 11.5 Å². The van der Waals surface area contributed by atoms with E-state index < -0.39 is 12.1 Å². The van der Waals surface area contributed by atoms with Crippen LogP contribution in [0.3, 0.4) is 0 Å². The van der Waals surface area contributed by atoms with Gasteiger partial charge in [-0.3, -0.25) is 0 Å². The number of aliphatic hydroxyl groups is 1. The molecule has 0 aliphatic carbocycles. The van der Waals surface area contributed by atoms with Crippen molar-refractivity contribution in [2.75, 3.05) is 21.3 Å². The number of hydrogen-bond donors (Lipinski definition) is 1. The number of ether oxygens (including phenoxy) is 3. The lowest BCUT2D eigenvalue weighted by Crippen LogP contribution is -2.16. The van der Waals surface area contributed by atoms with Gasteiger partial charge in [0.2, 0.25) is 0 Å². The second-order valence-corrected chi connectivity index (χ2v) is 4.16. The summed E-state index contributed by atoms with van der Waals surface area (Å²) in [4.78, 5) is 11.5. The fourth-order valence-electron chi connectivity index (χ4n) is 1.79. The molecule has 5 nitrogen and oxygen atoms in total. The lowest BCUT2D eigenvalue weighted by Gasteiger charge is -2.19. The van der Waals surface area contributed by atoms with Crippen LogP contribution in [0.25, 0.3) is 0 Å². The molecule has 0 spiro atoms. The van der Waals surface area contributed by atoms with Crippen molar-refractivity contribution >= 4 is 17.6 Å². The lowest BCUT2D eigenvalue weighted by atomic mass is 10.0. The summed E-state index contributed by atoms with van der Waals surface area (Å²) in [5, 5.41) is 10.3. The van der Waals surface area contributed by atoms with E-state index in [0.717, 1.165) is 5.56 Å². The molecular weight excluding hydrogens is 272 g/mol. The Balaban J connectivity index is 3.53. The fourth-order valence-corrected chi connectivity index (χ4v) is 2.16. The number of carbonyl (C=O) groups is 1. The van der Waals surface area contributed by atoms with Gasteiger partial charge >= 0.3 is 5.97 Å². The molecule has 0 amide bonds. The zero-order chi connectivity index (χ0) is 14.6. The Kier molecular flexibility index (Phi) is 5.44. The maximum atomic E-state index is 11.5. The zero-order valence-corrected chi connectivity index (χ0v) is 12.1. The Morgan fingerprint density at radius 1 is 1.37 bits per heavy atom. The van der Waals surface area contributed by atoms with Gasteiger partial charge in [-0.2, -0.15) is 0 Å². The smallest absolute Gasteiger partial charge is 0.339 e. The molecule has 0 saturated heterocycles. The molecule has 1 rings (SSSR count). The predicted octanol–water partition coefficient (Wildman–Crippen LogP) is 2.13. The summed E-state index contributed by atoms with van der Waals surface area (Å²) in [6, 6.07) is 1.72. The molecule has 1 aromatic rings. The molecule has 0 aliphatic rings. The van der Waals surface area contributed by atoms with E-state index in [0.29, 0.717) is 12.2 Å². The summed E-state index contributed by atoms with van der Waals surface area (Å²) in [5.74, 6) is -0.181. The van der Waals surface area contributed by atoms with E-state index in [1.54, 1.807) is 6.07 Å². The molecule has 1 unspecified atom stereocenters. The van der Waals surface area contributed by atoms with Crippen molar-refractivity contribution in [2.24, 2.45) is 0 Å². The first-order valence-electron chi connectivity index (χ1n) is 5.70. The largest absolute Gasteiger partial charge is 0.493 e. The normalized spacial score (nSPS) is 11.9. The third kappa shape index (κ3) is 2.93. The van der Waals surface area contributed by atoms with Crippen LogP contribution < -0.4 is 9.47 Å². The molecular formula is C13H17ClO5. The standard InChI is InChI=1S/C13H17ClO5/c1-5-7-6-8(17-2)12(18-3)9(10(7)14)11(15)13(16)19-4/h6,11,15H,5H2,1-4H3. The van der Waals surface area contributed by atoms with Crippen LogP contribution in [-0.2, 0) is 16.0 Å². The predicted molar refractivity (Wildman–Crippen MR) is 70.9 cm³/mol. The summed E-state index contributed by atoms with van der Waals surface area (Å²) in [6.45, 7) is 1.90. The average Bonchev–Trinajstić information content (AvgIpc) is 2.44. The molecule has 0 bridgehead atoms. The van der Waals surface area contributed by atoms with Gasteiger partial charge in [-0.05, 0) is 18.1 Å². The van der Waals surface area contributed by atoms with Gasteiger partial charge in [0.25, 0.3) is 0 Å². The van der Waals surface area contributed by atoms with Gasteiger partial charge in [-0.1, -0.05) is 18.5 Å². The Labute approximate surface area is 117 Å². The van der Waals surface area contributed by atoms with E-state index in [9.17, 15) is 9.90 Å². The summed E-state index contributed by atoms with van der Waals surface area (Å²) in [6.07, 6.45) is -0.895. The molecule has 6 heteroatoms. The van der Waals surface area contributed by atoms with E-state index in [2.05, 4.69) is 4.74 Å². The van der Waals surface area contributed by atoms with Crippen LogP contribution in [0.5, 0.6) is 11.5 Å². The highest BCUT2D eigenvalue weighted by molar-refractivity contribution is 6.32. The molecule has 0 fully saturated rings. The molecule has 1 aromatic carbocycles. The van der Waals surface area contributed by atoms with Crippen LogP contribution in [0.2, 0.25) is 5.02 Å². The number of benzene rings is 1. The molecule has 0 aliphatic heterocycles. The van der Waals surface area contributed by atoms with Gasteiger partial charge in [0, 0.05) is 0 Å². The van der Waals surface area contributed by atoms with Crippen LogP contribution in [0.4, 0.5) is 0 Å². The molecule has 106 valence electrons. The summed E-state index contributed by atoms with van der Waals surface area (Å²) in [7, 11) is 4.07. The van der Waals surface area contributed by atoms with Gasteiger partial charge in [0.1, 0.15) is 0 Å². The first-order valence-corrected chi connectivity index (χ1v) is 6.08. The lowest BCUT2D eigenvalue weighted by molar-refractivity contribution is -0.150. The van der Waals surface area contributed by atoms with Gasteiger partial charge in [0.15, 0.2) is 17.6 Å². The highest BCUT2D eigenvalue weighted by Crippen LogP contribution is 2.42. The van der Waals surface area contributed by atoms with E-state index in [1.165, 1.54) is 21.3 Å². The number of carbonyl (C=O) groups excluding carboxylic acids is 1. The van der Waals surface area contributed by atoms with Crippen LogP contribution in [0.1, 0.15) is 24.2 Å². The third-order valence-corrected chi connectivity index (χ3v) is 3.24. The highest BCUT2D eigenvalue weighted by Gasteiger charge is 2.28. The Morgan fingerprint density at radius 2 is 2.00 bits per heavy atom. The number of halogens is 1. The Hall–Kier alpha value is -1.46. The van der Waals surface area contributed by atoms with Gasteiger partial charge in [-0.15, -0.1) is 0 Å². The monoisotopic (exact) mass is 288 g/mol. The van der Waals surface area contributed by atoms with Crippen molar-refractivity contribution in [3.05, 3.63) is 22.2 Å². The molecule has 1 atom stereocenters. The summed E-state index contributed by atoms with van der Waals surface area (Å²) < 4.78 is 14.9. The van der Waals surface area contributed by atoms with Gasteiger partial charge in [0.05, 0.1) is 31.9 Å². The highest BCUT2D eigenvalue weighted by atomic mass is 35.5. The van der Waals surface area contributed by atoms with Crippen molar-refractivity contribution < 1.29 is 24.1 Å². The van der Waals surface area contributed by atoms with Crippen molar-refractivity contribution in [1.29, 1.82) is 0 Å². The van der Waals surface area contributed by atoms with Crippen molar-refractivity contribution in [2.45, 2.75) is 19.4 Å². The van der Waals surface area contributed by atoms with E-state index >= 15 is 0 Å². The van der Waals surface area contributed by atoms with E-state index in [4.69, 9.17) is 21.1 Å². The minimum absolute atomic E-state index is 0.159. The number of aliphatic hydroxyl groups excluding tert-OH is 1. The first-order chi connectivity index (χ1) is 9.01. The van der Waals surface area contributed by atoms with E-state index in [-0.39, 0.29) is 16.3 Å². The molecule has 0 aromatic heterocycles. The second kappa shape index (κ2) is 6.63. The molecule has 0 radical (unpaired) electrons. The van der Waals surface area contributed by atoms with Crippen LogP contribution in [0, 0.1) is 0 Å². The molecule has 1 N–H and O–H groups in total. The first kappa shape index (κ1) is 15.6. The number of esters is 1. The fraction of sp³-hybridized carbons (Fsp3) is 0.462. The quantitative estimate of drug-likeness (QED) is 0.841. The zero-order valence-electron chi connectivity index (χ0n) is 11.3. The summed E-state index contributed by atoms with van der Waals surface area (Å²) >= 11 is 6.21. The number of methoxy groups -OCH3 is 3. The minimum atomic E-state index is -1.52. The molecule has 0 heterocycles. The third-order valence-electron chi connectivity index (χ3n) is 2.79. The maximum Gasteiger partial charge on any atom is 0.339 e. The van der Waals surface area contributed by atoms with Crippen LogP contribution in [0.15, 0.2) is 6.07 Å². The van der Waals surface area contributed by atoms with Gasteiger partial charge in [-0.25, -0.2) is 4.79 Å². The molecule has 19 heavy (non-hydrogen) atoms. The van der Waals surface area contributed by atoms with Gasteiger partial charge < -0.3 is 19.3 Å². The number of aryl methyl sites for hydroxylation is 1. The summed E-state index contributed by atoms with van der Waals surface area (Å²) in [5.41, 5.74) is 0.907. The van der Waals surface area contributed by atoms with Crippen molar-refractivity contribution in [3.63, 3.8) is 0 Å². The van der Waals surface area contributed by atoms with Crippen LogP contribution >= 0.6 is 11.6 Å².